The number of amides is 1. The normalized spacial score (nSPS) is 23.1. The van der Waals surface area contributed by atoms with Gasteiger partial charge in [0.25, 0.3) is 5.91 Å². The van der Waals surface area contributed by atoms with E-state index in [0.29, 0.717) is 12.0 Å². The third-order valence-electron chi connectivity index (χ3n) is 5.95. The zero-order chi connectivity index (χ0) is 18.1. The number of carbonyl (C=O) groups is 1. The van der Waals surface area contributed by atoms with Crippen LogP contribution < -0.4 is 0 Å². The molecule has 26 heavy (non-hydrogen) atoms. The lowest BCUT2D eigenvalue weighted by Gasteiger charge is -2.44. The topological polar surface area (TPSA) is 51.0 Å². The minimum Gasteiger partial charge on any atom is -0.335 e. The molecular weight excluding hydrogens is 324 g/mol. The van der Waals surface area contributed by atoms with E-state index in [0.717, 1.165) is 36.5 Å². The summed E-state index contributed by atoms with van der Waals surface area (Å²) in [6.07, 6.45) is 10.9. The highest BCUT2D eigenvalue weighted by molar-refractivity contribution is 5.95. The molecule has 2 unspecified atom stereocenters. The fourth-order valence-corrected chi connectivity index (χ4v) is 4.77. The van der Waals surface area contributed by atoms with Crippen molar-refractivity contribution in [2.75, 3.05) is 6.54 Å². The first-order chi connectivity index (χ1) is 12.7. The molecule has 5 heteroatoms. The van der Waals surface area contributed by atoms with Gasteiger partial charge in [-0.3, -0.25) is 4.79 Å². The second-order valence-corrected chi connectivity index (χ2v) is 7.95. The molecule has 4 rings (SSSR count). The molecule has 2 fully saturated rings. The van der Waals surface area contributed by atoms with Gasteiger partial charge in [0.1, 0.15) is 0 Å². The van der Waals surface area contributed by atoms with Gasteiger partial charge >= 0.3 is 0 Å². The molecule has 2 aromatic rings. The van der Waals surface area contributed by atoms with Crippen LogP contribution in [0.15, 0.2) is 30.6 Å². The van der Waals surface area contributed by atoms with Gasteiger partial charge in [0.2, 0.25) is 0 Å². The van der Waals surface area contributed by atoms with E-state index < -0.39 is 0 Å². The summed E-state index contributed by atoms with van der Waals surface area (Å²) >= 11 is 0. The minimum atomic E-state index is 0.160. The molecule has 1 saturated carbocycles. The van der Waals surface area contributed by atoms with Crippen LogP contribution in [0.3, 0.4) is 0 Å². The van der Waals surface area contributed by atoms with Crippen molar-refractivity contribution in [1.29, 1.82) is 0 Å². The number of fused-ring (bicyclic) bond motifs is 1. The summed E-state index contributed by atoms with van der Waals surface area (Å²) in [5.74, 6) is 1.82. The largest absolute Gasteiger partial charge is 0.335 e. The van der Waals surface area contributed by atoms with Gasteiger partial charge in [-0.05, 0) is 49.7 Å². The molecule has 1 saturated heterocycles. The van der Waals surface area contributed by atoms with Crippen molar-refractivity contribution in [3.05, 3.63) is 41.9 Å². The van der Waals surface area contributed by atoms with Gasteiger partial charge < -0.3 is 4.90 Å². The van der Waals surface area contributed by atoms with Crippen LogP contribution >= 0.6 is 0 Å². The highest BCUT2D eigenvalue weighted by Gasteiger charge is 2.37. The van der Waals surface area contributed by atoms with Crippen molar-refractivity contribution < 1.29 is 4.79 Å². The molecule has 0 radical (unpaired) electrons. The van der Waals surface area contributed by atoms with Crippen LogP contribution in [0, 0.1) is 5.92 Å². The lowest BCUT2D eigenvalue weighted by Crippen LogP contribution is -2.49. The molecule has 0 bridgehead atoms. The number of carbonyl (C=O) groups excluding carboxylic acids is 1. The average Bonchev–Trinajstić information content (AvgIpc) is 3.13. The summed E-state index contributed by atoms with van der Waals surface area (Å²) in [5, 5.41) is 4.53. The van der Waals surface area contributed by atoms with Crippen LogP contribution in [-0.4, -0.2) is 38.2 Å². The van der Waals surface area contributed by atoms with Gasteiger partial charge in [0, 0.05) is 18.8 Å². The summed E-state index contributed by atoms with van der Waals surface area (Å²) in [6, 6.07) is 6.20. The van der Waals surface area contributed by atoms with Crippen LogP contribution in [-0.2, 0) is 0 Å². The Bertz CT molecular complexity index is 766. The zero-order valence-corrected chi connectivity index (χ0v) is 15.8. The number of pyridine rings is 1. The first-order valence-electron chi connectivity index (χ1n) is 9.97. The van der Waals surface area contributed by atoms with E-state index in [9.17, 15) is 4.79 Å². The van der Waals surface area contributed by atoms with Crippen LogP contribution in [0.4, 0.5) is 0 Å². The quantitative estimate of drug-likeness (QED) is 0.832. The van der Waals surface area contributed by atoms with Crippen molar-refractivity contribution in [2.45, 2.75) is 64.3 Å². The zero-order valence-electron chi connectivity index (χ0n) is 15.8. The van der Waals surface area contributed by atoms with Crippen molar-refractivity contribution in [3.8, 4) is 5.82 Å². The van der Waals surface area contributed by atoms with E-state index in [2.05, 4.69) is 28.8 Å². The van der Waals surface area contributed by atoms with E-state index in [4.69, 9.17) is 0 Å². The Morgan fingerprint density at radius 1 is 1.15 bits per heavy atom. The summed E-state index contributed by atoms with van der Waals surface area (Å²) in [5.41, 5.74) is 1.71. The van der Waals surface area contributed by atoms with Gasteiger partial charge in [-0.2, -0.15) is 5.10 Å². The molecule has 0 aromatic carbocycles. The Morgan fingerprint density at radius 3 is 2.73 bits per heavy atom. The number of piperidine rings is 1. The van der Waals surface area contributed by atoms with Crippen molar-refractivity contribution >= 4 is 5.91 Å². The van der Waals surface area contributed by atoms with Gasteiger partial charge in [-0.15, -0.1) is 0 Å². The standard InChI is InChI=1S/C21H28N4O/c1-15(2)20-17(14-23-25(20)19-11-5-6-12-22-19)21(26)24-13-7-9-16-8-3-4-10-18(16)24/h5-6,11-12,14-16,18H,3-4,7-10,13H2,1-2H3. The van der Waals surface area contributed by atoms with Crippen molar-refractivity contribution in [2.24, 2.45) is 5.92 Å². The predicted molar refractivity (Wildman–Crippen MR) is 101 cm³/mol. The molecule has 3 heterocycles. The Kier molecular flexibility index (Phi) is 4.79. The number of nitrogens with zero attached hydrogens (tertiary/aromatic N) is 4. The SMILES string of the molecule is CC(C)c1c(C(=O)N2CCCC3CCCCC32)cnn1-c1ccccn1. The summed E-state index contributed by atoms with van der Waals surface area (Å²) < 4.78 is 1.83. The molecule has 5 nitrogen and oxygen atoms in total. The molecule has 1 amide bonds. The van der Waals surface area contributed by atoms with E-state index in [1.54, 1.807) is 12.4 Å². The average molecular weight is 352 g/mol. The van der Waals surface area contributed by atoms with Gasteiger partial charge in [-0.25, -0.2) is 9.67 Å². The highest BCUT2D eigenvalue weighted by Crippen LogP contribution is 2.36. The Hall–Kier alpha value is -2.17. The van der Waals surface area contributed by atoms with Crippen LogP contribution in [0.5, 0.6) is 0 Å². The highest BCUT2D eigenvalue weighted by atomic mass is 16.2. The Balaban J connectivity index is 1.69. The molecular formula is C21H28N4O. The second-order valence-electron chi connectivity index (χ2n) is 7.95. The van der Waals surface area contributed by atoms with E-state index in [-0.39, 0.29) is 11.8 Å². The first-order valence-corrected chi connectivity index (χ1v) is 9.97. The summed E-state index contributed by atoms with van der Waals surface area (Å²) in [6.45, 7) is 5.12. The maximum Gasteiger partial charge on any atom is 0.257 e. The third kappa shape index (κ3) is 3.04. The van der Waals surface area contributed by atoms with E-state index in [1.807, 2.05) is 22.9 Å². The predicted octanol–water partition coefficient (Wildman–Crippen LogP) is 4.19. The van der Waals surface area contributed by atoms with Crippen LogP contribution in [0.1, 0.15) is 74.3 Å². The van der Waals surface area contributed by atoms with Crippen LogP contribution in [0.25, 0.3) is 5.82 Å². The smallest absolute Gasteiger partial charge is 0.257 e. The molecule has 2 atom stereocenters. The van der Waals surface area contributed by atoms with Crippen molar-refractivity contribution in [3.63, 3.8) is 0 Å². The number of rotatable bonds is 3. The minimum absolute atomic E-state index is 0.160. The maximum atomic E-state index is 13.5. The number of aromatic nitrogens is 3. The third-order valence-corrected chi connectivity index (χ3v) is 5.95. The molecule has 2 aromatic heterocycles. The van der Waals surface area contributed by atoms with Gasteiger partial charge in [-0.1, -0.05) is 32.8 Å². The molecule has 2 aliphatic rings. The second kappa shape index (κ2) is 7.22. The summed E-state index contributed by atoms with van der Waals surface area (Å²) in [4.78, 5) is 20.0. The van der Waals surface area contributed by atoms with E-state index >= 15 is 0 Å². The first kappa shape index (κ1) is 17.3. The van der Waals surface area contributed by atoms with Gasteiger partial charge in [0.15, 0.2) is 5.82 Å². The Labute approximate surface area is 155 Å². The maximum absolute atomic E-state index is 13.5. The molecule has 0 spiro atoms. The fourth-order valence-electron chi connectivity index (χ4n) is 4.77. The lowest BCUT2D eigenvalue weighted by molar-refractivity contribution is 0.0389. The molecule has 1 aliphatic heterocycles. The number of likely N-dealkylation sites (tertiary alicyclic amines) is 1. The van der Waals surface area contributed by atoms with E-state index in [1.165, 1.54) is 25.7 Å². The number of hydrogen-bond donors (Lipinski definition) is 0. The number of hydrogen-bond acceptors (Lipinski definition) is 3. The molecule has 1 aliphatic carbocycles. The van der Waals surface area contributed by atoms with Gasteiger partial charge in [0.05, 0.1) is 17.5 Å². The summed E-state index contributed by atoms with van der Waals surface area (Å²) in [7, 11) is 0. The fraction of sp³-hybridized carbons (Fsp3) is 0.571. The molecule has 0 N–H and O–H groups in total. The monoisotopic (exact) mass is 352 g/mol. The Morgan fingerprint density at radius 2 is 1.96 bits per heavy atom. The van der Waals surface area contributed by atoms with Crippen molar-refractivity contribution in [1.82, 2.24) is 19.7 Å². The lowest BCUT2D eigenvalue weighted by atomic mass is 9.78. The molecule has 138 valence electrons. The van der Waals surface area contributed by atoms with Crippen LogP contribution in [0.2, 0.25) is 0 Å².